The van der Waals surface area contributed by atoms with Crippen LogP contribution in [0.15, 0.2) is 0 Å². The zero-order valence-corrected chi connectivity index (χ0v) is 23.9. The maximum atomic E-state index is 12.0. The molecule has 0 saturated heterocycles. The summed E-state index contributed by atoms with van der Waals surface area (Å²) in [6.07, 6.45) is 2.23. The van der Waals surface area contributed by atoms with Gasteiger partial charge < -0.3 is 0 Å². The fourth-order valence-electron chi connectivity index (χ4n) is 2.47. The van der Waals surface area contributed by atoms with Crippen LogP contribution in [-0.2, 0) is 38.0 Å². The van der Waals surface area contributed by atoms with Gasteiger partial charge in [0.1, 0.15) is 0 Å². The van der Waals surface area contributed by atoms with E-state index in [0.717, 1.165) is 34.6 Å². The standard InChI is InChI=1S/2C11H21O4.S.Sn/c2*1-4-7-8-15-11(12)10(14-6-3)9-13-5-2;;/h2*10H,2,4-9H2,1,3H3;;. The summed E-state index contributed by atoms with van der Waals surface area (Å²) in [6.45, 7) is 10.8. The molecule has 2 atom stereocenters. The van der Waals surface area contributed by atoms with Crippen LogP contribution in [0.5, 0.6) is 0 Å². The van der Waals surface area contributed by atoms with Crippen molar-refractivity contribution in [2.24, 2.45) is 0 Å². The van der Waals surface area contributed by atoms with Gasteiger partial charge in [-0.2, -0.15) is 0 Å². The summed E-state index contributed by atoms with van der Waals surface area (Å²) in [5.74, 6) is -0.744. The summed E-state index contributed by atoms with van der Waals surface area (Å²) < 4.78 is 34.3. The van der Waals surface area contributed by atoms with Gasteiger partial charge in [-0.05, 0) is 0 Å². The average Bonchev–Trinajstić information content (AvgIpc) is 2.78. The monoisotopic (exact) mass is 586 g/mol. The Balaban J connectivity index is 4.04. The SMILES string of the molecule is CCCCOC(=O)C(COC[CH2][Sn](=[S])[CH2]COCC(OCC)C(=O)OCCCC)OCC. The summed E-state index contributed by atoms with van der Waals surface area (Å²) in [6, 6.07) is 0. The molecule has 0 rings (SSSR count). The normalized spacial score (nSPS) is 12.9. The molecule has 0 aromatic rings. The zero-order valence-electron chi connectivity index (χ0n) is 20.2. The Kier molecular flexibility index (Phi) is 22.4. The number of unbranched alkanes of at least 4 members (excludes halogenated alkanes) is 2. The van der Waals surface area contributed by atoms with Crippen molar-refractivity contribution in [2.75, 3.05) is 52.9 Å². The molecule has 0 aliphatic carbocycles. The number of carbonyl (C=O) groups excluding carboxylic acids is 2. The van der Waals surface area contributed by atoms with Gasteiger partial charge in [-0.1, -0.05) is 0 Å². The molecule has 8 nitrogen and oxygen atoms in total. The van der Waals surface area contributed by atoms with Crippen molar-refractivity contribution in [3.05, 3.63) is 0 Å². The van der Waals surface area contributed by atoms with Gasteiger partial charge in [0.05, 0.1) is 0 Å². The first-order chi connectivity index (χ1) is 15.5. The van der Waals surface area contributed by atoms with Crippen molar-refractivity contribution in [1.82, 2.24) is 0 Å². The van der Waals surface area contributed by atoms with Gasteiger partial charge in [0, 0.05) is 0 Å². The van der Waals surface area contributed by atoms with Crippen molar-refractivity contribution in [3.8, 4) is 0 Å². The first-order valence-corrected chi connectivity index (χ1v) is 19.7. The third kappa shape index (κ3) is 17.3. The van der Waals surface area contributed by atoms with E-state index in [0.29, 0.717) is 39.6 Å². The third-order valence-electron chi connectivity index (χ3n) is 4.33. The maximum absolute atomic E-state index is 12.0. The van der Waals surface area contributed by atoms with Gasteiger partial charge in [0.15, 0.2) is 0 Å². The molecule has 0 aliphatic rings. The summed E-state index contributed by atoms with van der Waals surface area (Å²) >= 11 is -2.02. The Morgan fingerprint density at radius 1 is 0.719 bits per heavy atom. The molecule has 188 valence electrons. The Morgan fingerprint density at radius 3 is 1.47 bits per heavy atom. The molecule has 0 aliphatic heterocycles. The van der Waals surface area contributed by atoms with Crippen LogP contribution in [0.3, 0.4) is 0 Å². The summed E-state index contributed by atoms with van der Waals surface area (Å²) in [5, 5.41) is 0. The molecule has 0 bridgehead atoms. The molecule has 0 fully saturated rings. The number of carbonyl (C=O) groups is 2. The number of rotatable bonds is 22. The number of hydrogen-bond donors (Lipinski definition) is 0. The Hall–Kier alpha value is -0.201. The van der Waals surface area contributed by atoms with E-state index in [-0.39, 0.29) is 25.2 Å². The van der Waals surface area contributed by atoms with Crippen LogP contribution >= 0.6 is 9.29 Å². The molecule has 0 spiro atoms. The first-order valence-electron chi connectivity index (χ1n) is 11.7. The van der Waals surface area contributed by atoms with Crippen LogP contribution in [0.4, 0.5) is 0 Å². The van der Waals surface area contributed by atoms with Gasteiger partial charge in [-0.25, -0.2) is 0 Å². The molecule has 0 amide bonds. The van der Waals surface area contributed by atoms with Crippen LogP contribution in [0.25, 0.3) is 0 Å². The molecule has 0 aromatic heterocycles. The molecule has 32 heavy (non-hydrogen) atoms. The number of hydrogen-bond acceptors (Lipinski definition) is 9. The van der Waals surface area contributed by atoms with Crippen LogP contribution in [0.2, 0.25) is 8.87 Å². The fraction of sp³-hybridized carbons (Fsp3) is 0.909. The number of ether oxygens (including phenoxy) is 6. The predicted molar refractivity (Wildman–Crippen MR) is 127 cm³/mol. The van der Waals surface area contributed by atoms with Gasteiger partial charge in [-0.15, -0.1) is 0 Å². The summed E-state index contributed by atoms with van der Waals surface area (Å²) in [7, 11) is 5.63. The fourth-order valence-corrected chi connectivity index (χ4v) is 6.42. The molecule has 10 heteroatoms. The first kappa shape index (κ1) is 31.8. The van der Waals surface area contributed by atoms with Crippen LogP contribution in [0.1, 0.15) is 53.4 Å². The third-order valence-corrected chi connectivity index (χ3v) is 11.4. The minimum atomic E-state index is -2.02. The van der Waals surface area contributed by atoms with Crippen molar-refractivity contribution >= 4 is 39.0 Å². The number of esters is 2. The van der Waals surface area contributed by atoms with E-state index in [4.69, 9.17) is 37.7 Å². The molecule has 0 radical (unpaired) electrons. The van der Waals surface area contributed by atoms with Gasteiger partial charge in [0.25, 0.3) is 0 Å². The van der Waals surface area contributed by atoms with E-state index in [9.17, 15) is 9.59 Å². The van der Waals surface area contributed by atoms with E-state index < -0.39 is 30.0 Å². The van der Waals surface area contributed by atoms with E-state index in [1.807, 2.05) is 27.7 Å². The van der Waals surface area contributed by atoms with E-state index >= 15 is 0 Å². The average molecular weight is 585 g/mol. The second kappa shape index (κ2) is 22.6. The molecular formula is C22H42O8SSn. The molecular weight excluding hydrogens is 543 g/mol. The van der Waals surface area contributed by atoms with Crippen molar-refractivity contribution < 1.29 is 38.0 Å². The van der Waals surface area contributed by atoms with Crippen LogP contribution < -0.4 is 0 Å². The Morgan fingerprint density at radius 2 is 1.12 bits per heavy atom. The summed E-state index contributed by atoms with van der Waals surface area (Å²) in [5.41, 5.74) is 0. The van der Waals surface area contributed by atoms with E-state index in [1.165, 1.54) is 0 Å². The second-order valence-corrected chi connectivity index (χ2v) is 16.9. The molecule has 0 saturated carbocycles. The van der Waals surface area contributed by atoms with Crippen molar-refractivity contribution in [3.63, 3.8) is 0 Å². The van der Waals surface area contributed by atoms with Gasteiger partial charge >= 0.3 is 204 Å². The molecule has 0 N–H and O–H groups in total. The predicted octanol–water partition coefficient (Wildman–Crippen LogP) is 3.71. The Bertz CT molecular complexity index is 464. The van der Waals surface area contributed by atoms with Gasteiger partial charge in [0.2, 0.25) is 0 Å². The zero-order chi connectivity index (χ0) is 24.0. The topological polar surface area (TPSA) is 89.5 Å². The van der Waals surface area contributed by atoms with Crippen LogP contribution in [0, 0.1) is 0 Å². The van der Waals surface area contributed by atoms with E-state index in [2.05, 4.69) is 0 Å². The minimum absolute atomic E-state index is 0.178. The van der Waals surface area contributed by atoms with Gasteiger partial charge in [-0.3, -0.25) is 0 Å². The second-order valence-electron chi connectivity index (χ2n) is 7.12. The molecule has 0 aromatic carbocycles. The quantitative estimate of drug-likeness (QED) is 0.107. The molecule has 0 heterocycles. The Labute approximate surface area is 203 Å². The van der Waals surface area contributed by atoms with Crippen LogP contribution in [-0.4, -0.2) is 94.8 Å². The van der Waals surface area contributed by atoms with Crippen molar-refractivity contribution in [2.45, 2.75) is 74.5 Å². The molecule has 2 unspecified atom stereocenters. The van der Waals surface area contributed by atoms with Crippen molar-refractivity contribution in [1.29, 1.82) is 0 Å². The van der Waals surface area contributed by atoms with E-state index in [1.54, 1.807) is 0 Å². The summed E-state index contributed by atoms with van der Waals surface area (Å²) in [4.78, 5) is 24.1.